The van der Waals surface area contributed by atoms with Gasteiger partial charge in [0, 0.05) is 6.54 Å². The Bertz CT molecular complexity index is 588. The number of hydrogen-bond acceptors (Lipinski definition) is 3. The Morgan fingerprint density at radius 2 is 2.35 bits per heavy atom. The monoisotopic (exact) mass is 340 g/mol. The molecule has 1 amide bonds. The van der Waals surface area contributed by atoms with Gasteiger partial charge in [0.15, 0.2) is 0 Å². The highest BCUT2D eigenvalue weighted by Crippen LogP contribution is 2.16. The fourth-order valence-corrected chi connectivity index (χ4v) is 2.14. The van der Waals surface area contributed by atoms with Crippen LogP contribution in [0.15, 0.2) is 35.3 Å². The molecule has 7 heteroatoms. The number of aromatic nitrogens is 3. The van der Waals surface area contributed by atoms with Gasteiger partial charge in [0.25, 0.3) is 0 Å². The van der Waals surface area contributed by atoms with E-state index >= 15 is 0 Å². The third kappa shape index (κ3) is 3.63. The zero-order valence-corrected chi connectivity index (χ0v) is 12.5. The number of carbonyl (C=O) groups is 1. The summed E-state index contributed by atoms with van der Waals surface area (Å²) in [6.07, 6.45) is 3.52. The number of hydrogen-bond donors (Lipinski definition) is 1. The van der Waals surface area contributed by atoms with Crippen LogP contribution in [0, 0.1) is 5.82 Å². The van der Waals surface area contributed by atoms with Gasteiger partial charge in [-0.25, -0.2) is 14.1 Å². The number of nitrogens with zero attached hydrogens (tertiary/aromatic N) is 3. The fraction of sp³-hybridized carbons (Fsp3) is 0.308. The smallest absolute Gasteiger partial charge is 0.244 e. The first-order valence-corrected chi connectivity index (χ1v) is 6.93. The second-order valence-corrected chi connectivity index (χ2v) is 5.20. The van der Waals surface area contributed by atoms with Gasteiger partial charge in [0.2, 0.25) is 5.91 Å². The van der Waals surface area contributed by atoms with Crippen LogP contribution in [-0.4, -0.2) is 27.2 Å². The first-order chi connectivity index (χ1) is 9.58. The second kappa shape index (κ2) is 6.60. The molecule has 0 saturated heterocycles. The Kier molecular flexibility index (Phi) is 4.84. The summed E-state index contributed by atoms with van der Waals surface area (Å²) in [4.78, 5) is 15.7. The Balaban J connectivity index is 1.83. The lowest BCUT2D eigenvalue weighted by molar-refractivity contribution is -0.124. The standard InChI is InChI=1S/C13H14BrFN4O/c1-9(19-8-16-7-18-19)13(20)17-5-4-10-2-3-12(15)11(14)6-10/h2-3,6-9H,4-5H2,1H3,(H,17,20). The summed E-state index contributed by atoms with van der Waals surface area (Å²) in [5.41, 5.74) is 0.951. The Morgan fingerprint density at radius 1 is 1.55 bits per heavy atom. The molecule has 0 saturated carbocycles. The van der Waals surface area contributed by atoms with Crippen LogP contribution in [0.4, 0.5) is 4.39 Å². The van der Waals surface area contributed by atoms with Crippen molar-refractivity contribution < 1.29 is 9.18 Å². The number of benzene rings is 1. The van der Waals surface area contributed by atoms with E-state index in [-0.39, 0.29) is 11.7 Å². The number of halogens is 2. The number of carbonyl (C=O) groups excluding carboxylic acids is 1. The van der Waals surface area contributed by atoms with Crippen molar-refractivity contribution in [3.8, 4) is 0 Å². The molecule has 1 aromatic heterocycles. The highest BCUT2D eigenvalue weighted by atomic mass is 79.9. The van der Waals surface area contributed by atoms with E-state index in [1.165, 1.54) is 23.4 Å². The SMILES string of the molecule is CC(C(=O)NCCc1ccc(F)c(Br)c1)n1cncn1. The molecule has 1 aromatic carbocycles. The van der Waals surface area contributed by atoms with Crippen molar-refractivity contribution in [2.45, 2.75) is 19.4 Å². The van der Waals surface area contributed by atoms with Gasteiger partial charge in [-0.1, -0.05) is 6.07 Å². The molecular weight excluding hydrogens is 327 g/mol. The van der Waals surface area contributed by atoms with Gasteiger partial charge in [0.1, 0.15) is 24.5 Å². The minimum atomic E-state index is -0.405. The summed E-state index contributed by atoms with van der Waals surface area (Å²) >= 11 is 3.14. The Hall–Kier alpha value is -1.76. The maximum atomic E-state index is 13.1. The lowest BCUT2D eigenvalue weighted by Crippen LogP contribution is -2.32. The Labute approximate surface area is 124 Å². The van der Waals surface area contributed by atoms with E-state index in [2.05, 4.69) is 31.3 Å². The zero-order chi connectivity index (χ0) is 14.5. The summed E-state index contributed by atoms with van der Waals surface area (Å²) in [5.74, 6) is -0.422. The van der Waals surface area contributed by atoms with Gasteiger partial charge in [-0.3, -0.25) is 4.79 Å². The number of amides is 1. The molecule has 0 fully saturated rings. The summed E-state index contributed by atoms with van der Waals surface area (Å²) in [6, 6.07) is 4.41. The van der Waals surface area contributed by atoms with Crippen LogP contribution < -0.4 is 5.32 Å². The van der Waals surface area contributed by atoms with Gasteiger partial charge >= 0.3 is 0 Å². The quantitative estimate of drug-likeness (QED) is 0.906. The molecule has 106 valence electrons. The lowest BCUT2D eigenvalue weighted by Gasteiger charge is -2.12. The van der Waals surface area contributed by atoms with Crippen molar-refractivity contribution in [3.63, 3.8) is 0 Å². The highest BCUT2D eigenvalue weighted by molar-refractivity contribution is 9.10. The maximum absolute atomic E-state index is 13.1. The molecule has 0 aliphatic rings. The van der Waals surface area contributed by atoms with Gasteiger partial charge in [-0.05, 0) is 47.0 Å². The predicted molar refractivity (Wildman–Crippen MR) is 75.5 cm³/mol. The molecule has 0 bridgehead atoms. The average Bonchev–Trinajstić information content (AvgIpc) is 2.96. The molecule has 0 aliphatic heterocycles. The first kappa shape index (κ1) is 14.6. The highest BCUT2D eigenvalue weighted by Gasteiger charge is 2.14. The molecule has 2 rings (SSSR count). The van der Waals surface area contributed by atoms with Crippen molar-refractivity contribution >= 4 is 21.8 Å². The van der Waals surface area contributed by atoms with Crippen LogP contribution in [0.25, 0.3) is 0 Å². The van der Waals surface area contributed by atoms with Crippen molar-refractivity contribution in [2.75, 3.05) is 6.54 Å². The van der Waals surface area contributed by atoms with Gasteiger partial charge in [-0.2, -0.15) is 5.10 Å². The summed E-state index contributed by atoms with van der Waals surface area (Å²) in [6.45, 7) is 2.23. The molecular formula is C13H14BrFN4O. The van der Waals surface area contributed by atoms with Crippen molar-refractivity contribution in [1.29, 1.82) is 0 Å². The van der Waals surface area contributed by atoms with Crippen LogP contribution in [0.5, 0.6) is 0 Å². The number of nitrogens with one attached hydrogen (secondary N) is 1. The van der Waals surface area contributed by atoms with Crippen molar-refractivity contribution in [1.82, 2.24) is 20.1 Å². The molecule has 0 spiro atoms. The molecule has 1 unspecified atom stereocenters. The van der Waals surface area contributed by atoms with E-state index in [4.69, 9.17) is 0 Å². The van der Waals surface area contributed by atoms with E-state index < -0.39 is 6.04 Å². The van der Waals surface area contributed by atoms with Crippen molar-refractivity contribution in [3.05, 3.63) is 46.7 Å². The molecule has 0 radical (unpaired) electrons. The van der Waals surface area contributed by atoms with Gasteiger partial charge in [0.05, 0.1) is 4.47 Å². The normalized spacial score (nSPS) is 12.2. The third-order valence-corrected chi connectivity index (χ3v) is 3.52. The van der Waals surface area contributed by atoms with Crippen molar-refractivity contribution in [2.24, 2.45) is 0 Å². The minimum absolute atomic E-state index is 0.128. The molecule has 5 nitrogen and oxygen atoms in total. The largest absolute Gasteiger partial charge is 0.354 e. The predicted octanol–water partition coefficient (Wildman–Crippen LogP) is 2.10. The second-order valence-electron chi connectivity index (χ2n) is 4.34. The van der Waals surface area contributed by atoms with Crippen LogP contribution >= 0.6 is 15.9 Å². The van der Waals surface area contributed by atoms with Gasteiger partial charge < -0.3 is 5.32 Å². The maximum Gasteiger partial charge on any atom is 0.244 e. The van der Waals surface area contributed by atoms with Crippen LogP contribution in [0.1, 0.15) is 18.5 Å². The average molecular weight is 341 g/mol. The molecule has 1 N–H and O–H groups in total. The summed E-state index contributed by atoms with van der Waals surface area (Å²) in [7, 11) is 0. The molecule has 1 heterocycles. The molecule has 2 aromatic rings. The topological polar surface area (TPSA) is 59.8 Å². The minimum Gasteiger partial charge on any atom is -0.354 e. The third-order valence-electron chi connectivity index (χ3n) is 2.91. The zero-order valence-electron chi connectivity index (χ0n) is 10.9. The molecule has 1 atom stereocenters. The van der Waals surface area contributed by atoms with E-state index in [1.54, 1.807) is 19.1 Å². The van der Waals surface area contributed by atoms with E-state index in [9.17, 15) is 9.18 Å². The Morgan fingerprint density at radius 3 is 3.00 bits per heavy atom. The molecule has 0 aliphatic carbocycles. The summed E-state index contributed by atoms with van der Waals surface area (Å²) in [5, 5.41) is 6.74. The van der Waals surface area contributed by atoms with E-state index in [0.29, 0.717) is 17.4 Å². The lowest BCUT2D eigenvalue weighted by atomic mass is 10.1. The van der Waals surface area contributed by atoms with E-state index in [0.717, 1.165) is 5.56 Å². The molecule has 20 heavy (non-hydrogen) atoms. The summed E-state index contributed by atoms with van der Waals surface area (Å²) < 4.78 is 15.0. The van der Waals surface area contributed by atoms with Crippen LogP contribution in [0.3, 0.4) is 0 Å². The fourth-order valence-electron chi connectivity index (χ4n) is 1.71. The van der Waals surface area contributed by atoms with Gasteiger partial charge in [-0.15, -0.1) is 0 Å². The first-order valence-electron chi connectivity index (χ1n) is 6.13. The van der Waals surface area contributed by atoms with E-state index in [1.807, 2.05) is 0 Å². The van der Waals surface area contributed by atoms with Crippen LogP contribution in [-0.2, 0) is 11.2 Å². The number of rotatable bonds is 5. The van der Waals surface area contributed by atoms with Crippen LogP contribution in [0.2, 0.25) is 0 Å².